The minimum absolute atomic E-state index is 0.454. The Hall–Kier alpha value is -3.66. The number of fused-ring (bicyclic) bond motifs is 4. The predicted octanol–water partition coefficient (Wildman–Crippen LogP) is 4.64. The number of hydrogen-bond acceptors (Lipinski definition) is 2. The van der Waals surface area contributed by atoms with Crippen molar-refractivity contribution < 1.29 is 4.79 Å². The number of H-pyrrole nitrogens is 1. The van der Waals surface area contributed by atoms with Gasteiger partial charge in [-0.25, -0.2) is 0 Å². The molecule has 5 aromatic rings. The molecule has 0 saturated heterocycles. The lowest BCUT2D eigenvalue weighted by molar-refractivity contribution is 0.100. The lowest BCUT2D eigenvalue weighted by Gasteiger charge is -2.11. The van der Waals surface area contributed by atoms with Crippen molar-refractivity contribution in [1.29, 1.82) is 0 Å². The molecule has 3 N–H and O–H groups in total. The Bertz CT molecular complexity index is 1310. The van der Waals surface area contributed by atoms with Crippen LogP contribution in [0.3, 0.4) is 0 Å². The van der Waals surface area contributed by atoms with Crippen LogP contribution < -0.4 is 5.73 Å². The fourth-order valence-corrected chi connectivity index (χ4v) is 3.72. The van der Waals surface area contributed by atoms with Crippen LogP contribution in [-0.4, -0.2) is 15.9 Å². The highest BCUT2D eigenvalue weighted by Gasteiger charge is 2.19. The molecule has 0 saturated carbocycles. The van der Waals surface area contributed by atoms with E-state index in [9.17, 15) is 4.79 Å². The number of primary amides is 1. The van der Waals surface area contributed by atoms with Crippen LogP contribution in [0.4, 0.5) is 0 Å². The molecule has 4 nitrogen and oxygen atoms in total. The number of nitrogens with two attached hydrogens (primary N) is 1. The van der Waals surface area contributed by atoms with Crippen molar-refractivity contribution in [2.45, 2.75) is 0 Å². The molecule has 0 bridgehead atoms. The molecule has 0 unspecified atom stereocenters. The Kier molecular flexibility index (Phi) is 3.06. The number of benzene rings is 3. The third-order valence-electron chi connectivity index (χ3n) is 4.85. The summed E-state index contributed by atoms with van der Waals surface area (Å²) in [6.07, 6.45) is 1.76. The monoisotopic (exact) mass is 337 g/mol. The standard InChI is InChI=1S/C22H15N3O/c23-22(26)19-15(16-8-3-5-13-6-4-12-24-20(13)16)10-11-17-14-7-1-2-9-18(14)25-21(17)19/h1-12,25H,(H2,23,26). The normalized spacial score (nSPS) is 11.4. The summed E-state index contributed by atoms with van der Waals surface area (Å²) < 4.78 is 0. The van der Waals surface area contributed by atoms with Gasteiger partial charge in [-0.1, -0.05) is 54.6 Å². The average Bonchev–Trinajstić information content (AvgIpc) is 3.05. The van der Waals surface area contributed by atoms with Crippen molar-refractivity contribution in [3.05, 3.63) is 78.5 Å². The number of rotatable bonds is 2. The Morgan fingerprint density at radius 1 is 0.846 bits per heavy atom. The zero-order valence-corrected chi connectivity index (χ0v) is 13.9. The molecule has 0 spiro atoms. The van der Waals surface area contributed by atoms with Gasteiger partial charge in [-0.3, -0.25) is 9.78 Å². The summed E-state index contributed by atoms with van der Waals surface area (Å²) >= 11 is 0. The first-order valence-corrected chi connectivity index (χ1v) is 8.41. The van der Waals surface area contributed by atoms with E-state index >= 15 is 0 Å². The van der Waals surface area contributed by atoms with Gasteiger partial charge in [0.05, 0.1) is 16.6 Å². The molecule has 5 rings (SSSR count). The summed E-state index contributed by atoms with van der Waals surface area (Å²) in [6, 6.07) is 21.9. The van der Waals surface area contributed by atoms with Crippen LogP contribution in [0.25, 0.3) is 43.8 Å². The highest BCUT2D eigenvalue weighted by molar-refractivity contribution is 6.18. The van der Waals surface area contributed by atoms with E-state index in [4.69, 9.17) is 5.73 Å². The maximum atomic E-state index is 12.4. The summed E-state index contributed by atoms with van der Waals surface area (Å²) in [5.74, 6) is -0.454. The lowest BCUT2D eigenvalue weighted by Crippen LogP contribution is -2.13. The number of hydrogen-bond donors (Lipinski definition) is 2. The summed E-state index contributed by atoms with van der Waals surface area (Å²) in [6.45, 7) is 0. The van der Waals surface area contributed by atoms with E-state index in [2.05, 4.69) is 9.97 Å². The number of nitrogens with one attached hydrogen (secondary N) is 1. The summed E-state index contributed by atoms with van der Waals surface area (Å²) in [5.41, 5.74) is 10.6. The third-order valence-corrected chi connectivity index (χ3v) is 4.85. The Morgan fingerprint density at radius 2 is 1.69 bits per heavy atom. The number of aromatic amines is 1. The maximum Gasteiger partial charge on any atom is 0.251 e. The van der Waals surface area contributed by atoms with Gasteiger partial charge in [0.2, 0.25) is 0 Å². The first-order chi connectivity index (χ1) is 12.7. The van der Waals surface area contributed by atoms with Gasteiger partial charge < -0.3 is 10.7 Å². The van der Waals surface area contributed by atoms with Crippen molar-refractivity contribution in [3.8, 4) is 11.1 Å². The van der Waals surface area contributed by atoms with Gasteiger partial charge in [-0.05, 0) is 17.7 Å². The van der Waals surface area contributed by atoms with Crippen LogP contribution in [0, 0.1) is 0 Å². The quantitative estimate of drug-likeness (QED) is 0.493. The molecule has 1 amide bonds. The zero-order valence-electron chi connectivity index (χ0n) is 13.9. The number of carbonyl (C=O) groups excluding carboxylic acids is 1. The molecule has 0 fully saturated rings. The van der Waals surface area contributed by atoms with Crippen LogP contribution in [0.5, 0.6) is 0 Å². The van der Waals surface area contributed by atoms with Crippen LogP contribution in [0.2, 0.25) is 0 Å². The first kappa shape index (κ1) is 14.7. The predicted molar refractivity (Wildman–Crippen MR) is 105 cm³/mol. The topological polar surface area (TPSA) is 71.8 Å². The molecular weight excluding hydrogens is 322 g/mol. The van der Waals surface area contributed by atoms with Gasteiger partial charge in [0.25, 0.3) is 5.91 Å². The molecule has 0 aliphatic rings. The number of pyridine rings is 1. The number of amides is 1. The average molecular weight is 337 g/mol. The minimum Gasteiger partial charge on any atom is -0.366 e. The van der Waals surface area contributed by atoms with Gasteiger partial charge >= 0.3 is 0 Å². The van der Waals surface area contributed by atoms with Crippen molar-refractivity contribution in [3.63, 3.8) is 0 Å². The van der Waals surface area contributed by atoms with Crippen LogP contribution >= 0.6 is 0 Å². The number of para-hydroxylation sites is 2. The van der Waals surface area contributed by atoms with Crippen molar-refractivity contribution in [2.24, 2.45) is 5.73 Å². The minimum atomic E-state index is -0.454. The van der Waals surface area contributed by atoms with E-state index < -0.39 is 5.91 Å². The molecule has 3 aromatic carbocycles. The van der Waals surface area contributed by atoms with E-state index in [0.29, 0.717) is 5.56 Å². The molecule has 0 radical (unpaired) electrons. The molecular formula is C22H15N3O. The SMILES string of the molecule is NC(=O)c1c(-c2cccc3cccnc23)ccc2c1[nH]c1ccccc12. The van der Waals surface area contributed by atoms with Crippen molar-refractivity contribution >= 4 is 38.6 Å². The molecule has 26 heavy (non-hydrogen) atoms. The Balaban J connectivity index is 1.92. The Morgan fingerprint density at radius 3 is 2.58 bits per heavy atom. The largest absolute Gasteiger partial charge is 0.366 e. The smallest absolute Gasteiger partial charge is 0.251 e. The van der Waals surface area contributed by atoms with Crippen molar-refractivity contribution in [1.82, 2.24) is 9.97 Å². The summed E-state index contributed by atoms with van der Waals surface area (Å²) in [5, 5.41) is 3.09. The first-order valence-electron chi connectivity index (χ1n) is 8.41. The van der Waals surface area contributed by atoms with Crippen LogP contribution in [0.1, 0.15) is 10.4 Å². The highest BCUT2D eigenvalue weighted by Crippen LogP contribution is 2.36. The highest BCUT2D eigenvalue weighted by atomic mass is 16.1. The zero-order chi connectivity index (χ0) is 17.7. The van der Waals surface area contributed by atoms with Gasteiger partial charge in [-0.15, -0.1) is 0 Å². The van der Waals surface area contributed by atoms with Gasteiger partial charge in [0, 0.05) is 33.4 Å². The second-order valence-electron chi connectivity index (χ2n) is 6.33. The van der Waals surface area contributed by atoms with E-state index in [1.807, 2.05) is 66.7 Å². The number of nitrogens with zero attached hydrogens (tertiary/aromatic N) is 1. The number of aromatic nitrogens is 2. The van der Waals surface area contributed by atoms with E-state index in [1.54, 1.807) is 6.20 Å². The summed E-state index contributed by atoms with van der Waals surface area (Å²) in [7, 11) is 0. The molecule has 0 aliphatic heterocycles. The molecule has 2 aromatic heterocycles. The van der Waals surface area contributed by atoms with Gasteiger partial charge in [0.15, 0.2) is 0 Å². The molecule has 0 atom stereocenters. The van der Waals surface area contributed by atoms with Crippen molar-refractivity contribution in [2.75, 3.05) is 0 Å². The van der Waals surface area contributed by atoms with E-state index in [-0.39, 0.29) is 0 Å². The van der Waals surface area contributed by atoms with Crippen LogP contribution in [0.15, 0.2) is 72.9 Å². The molecule has 4 heteroatoms. The second-order valence-corrected chi connectivity index (χ2v) is 6.33. The molecule has 124 valence electrons. The Labute approximate surface area is 149 Å². The third kappa shape index (κ3) is 2.02. The molecule has 0 aliphatic carbocycles. The van der Waals surface area contributed by atoms with Gasteiger partial charge in [0.1, 0.15) is 0 Å². The maximum absolute atomic E-state index is 12.4. The fourth-order valence-electron chi connectivity index (χ4n) is 3.72. The second kappa shape index (κ2) is 5.43. The fraction of sp³-hybridized carbons (Fsp3) is 0. The van der Waals surface area contributed by atoms with E-state index in [1.165, 1.54) is 0 Å². The molecule has 2 heterocycles. The van der Waals surface area contributed by atoms with E-state index in [0.717, 1.165) is 43.8 Å². The van der Waals surface area contributed by atoms with Crippen LogP contribution in [-0.2, 0) is 0 Å². The van der Waals surface area contributed by atoms with Gasteiger partial charge in [-0.2, -0.15) is 0 Å². The summed E-state index contributed by atoms with van der Waals surface area (Å²) in [4.78, 5) is 20.3. The number of carbonyl (C=O) groups is 1. The lowest BCUT2D eigenvalue weighted by atomic mass is 9.94.